The van der Waals surface area contributed by atoms with Crippen molar-refractivity contribution in [2.75, 3.05) is 14.2 Å². The summed E-state index contributed by atoms with van der Waals surface area (Å²) < 4.78 is 5.32. The van der Waals surface area contributed by atoms with Crippen LogP contribution in [0.4, 0.5) is 0 Å². The number of nitrogens with one attached hydrogen (secondary N) is 1. The summed E-state index contributed by atoms with van der Waals surface area (Å²) in [7, 11) is 3.54. The van der Waals surface area contributed by atoms with Crippen molar-refractivity contribution in [2.45, 2.75) is 6.54 Å². The van der Waals surface area contributed by atoms with Gasteiger partial charge in [0.15, 0.2) is 0 Å². The van der Waals surface area contributed by atoms with E-state index in [0.29, 0.717) is 5.02 Å². The van der Waals surface area contributed by atoms with E-state index in [1.54, 1.807) is 24.5 Å². The molecule has 1 aromatic carbocycles. The third-order valence-electron chi connectivity index (χ3n) is 2.30. The van der Waals surface area contributed by atoms with Crippen molar-refractivity contribution in [1.82, 2.24) is 10.3 Å². The number of benzene rings is 1. The summed E-state index contributed by atoms with van der Waals surface area (Å²) in [5, 5.41) is 6.73. The topological polar surface area (TPSA) is 34.1 Å². The second-order valence-corrected chi connectivity index (χ2v) is 4.81. The fraction of sp³-hybridized carbons (Fsp3) is 0.250. The third-order valence-corrected chi connectivity index (χ3v) is 3.46. The van der Waals surface area contributed by atoms with Gasteiger partial charge in [0.05, 0.1) is 18.4 Å². The van der Waals surface area contributed by atoms with Crippen molar-refractivity contribution in [3.05, 3.63) is 34.3 Å². The van der Waals surface area contributed by atoms with Crippen molar-refractivity contribution in [3.8, 4) is 16.3 Å². The van der Waals surface area contributed by atoms with E-state index in [4.69, 9.17) is 16.3 Å². The predicted molar refractivity (Wildman–Crippen MR) is 71.9 cm³/mol. The lowest BCUT2D eigenvalue weighted by Crippen LogP contribution is -2.04. The van der Waals surface area contributed by atoms with Crippen LogP contribution in [0, 0.1) is 0 Å². The molecule has 0 saturated heterocycles. The molecule has 0 aliphatic heterocycles. The number of hydrogen-bond donors (Lipinski definition) is 1. The van der Waals surface area contributed by atoms with Crippen molar-refractivity contribution in [3.63, 3.8) is 0 Å². The quantitative estimate of drug-likeness (QED) is 0.925. The minimum Gasteiger partial charge on any atom is -0.496 e. The number of halogens is 1. The Labute approximate surface area is 109 Å². The highest BCUT2D eigenvalue weighted by Crippen LogP contribution is 2.34. The van der Waals surface area contributed by atoms with Gasteiger partial charge in [0.2, 0.25) is 0 Å². The van der Waals surface area contributed by atoms with Gasteiger partial charge in [0.25, 0.3) is 0 Å². The van der Waals surface area contributed by atoms with Gasteiger partial charge in [-0.25, -0.2) is 4.98 Å². The maximum Gasteiger partial charge on any atom is 0.130 e. The molecule has 2 rings (SSSR count). The van der Waals surface area contributed by atoms with E-state index in [1.807, 2.05) is 24.6 Å². The summed E-state index contributed by atoms with van der Waals surface area (Å²) in [5.41, 5.74) is 2.01. The van der Waals surface area contributed by atoms with Gasteiger partial charge >= 0.3 is 0 Å². The van der Waals surface area contributed by atoms with Crippen LogP contribution in [0.5, 0.6) is 5.75 Å². The number of aromatic nitrogens is 1. The smallest absolute Gasteiger partial charge is 0.130 e. The van der Waals surface area contributed by atoms with E-state index in [-0.39, 0.29) is 0 Å². The molecule has 3 nitrogen and oxygen atoms in total. The second-order valence-electron chi connectivity index (χ2n) is 3.52. The van der Waals surface area contributed by atoms with Crippen molar-refractivity contribution < 1.29 is 4.74 Å². The molecular weight excluding hydrogens is 256 g/mol. The van der Waals surface area contributed by atoms with Crippen LogP contribution in [0.3, 0.4) is 0 Å². The van der Waals surface area contributed by atoms with Crippen molar-refractivity contribution >= 4 is 22.9 Å². The highest BCUT2D eigenvalue weighted by molar-refractivity contribution is 7.13. The summed E-state index contributed by atoms with van der Waals surface area (Å²) in [6.07, 6.45) is 0. The van der Waals surface area contributed by atoms with Crippen LogP contribution in [-0.2, 0) is 6.54 Å². The number of thiazole rings is 1. The zero-order valence-corrected chi connectivity index (χ0v) is 11.2. The summed E-state index contributed by atoms with van der Waals surface area (Å²) >= 11 is 7.53. The Balaban J connectivity index is 2.37. The fourth-order valence-corrected chi connectivity index (χ4v) is 2.55. The van der Waals surface area contributed by atoms with Gasteiger partial charge in [-0.15, -0.1) is 11.3 Å². The summed E-state index contributed by atoms with van der Waals surface area (Å²) in [6.45, 7) is 0.770. The Hall–Kier alpha value is -1.10. The van der Waals surface area contributed by atoms with E-state index >= 15 is 0 Å². The molecular formula is C12H13ClN2OS. The Morgan fingerprint density at radius 2 is 2.29 bits per heavy atom. The Bertz CT molecular complexity index is 513. The predicted octanol–water partition coefficient (Wildman–Crippen LogP) is 3.19. The minimum atomic E-state index is 0.664. The minimum absolute atomic E-state index is 0.664. The summed E-state index contributed by atoms with van der Waals surface area (Å²) in [6, 6.07) is 5.58. The van der Waals surface area contributed by atoms with Gasteiger partial charge < -0.3 is 10.1 Å². The van der Waals surface area contributed by atoms with Crippen LogP contribution in [-0.4, -0.2) is 19.1 Å². The fourth-order valence-electron chi connectivity index (χ4n) is 1.53. The van der Waals surface area contributed by atoms with Crippen LogP contribution in [0.15, 0.2) is 23.6 Å². The van der Waals surface area contributed by atoms with Crippen LogP contribution in [0.1, 0.15) is 5.69 Å². The summed E-state index contributed by atoms with van der Waals surface area (Å²) in [5.74, 6) is 0.753. The Morgan fingerprint density at radius 3 is 3.00 bits per heavy atom. The highest BCUT2D eigenvalue weighted by Gasteiger charge is 2.10. The van der Waals surface area contributed by atoms with Crippen LogP contribution in [0.25, 0.3) is 10.6 Å². The molecule has 0 spiro atoms. The number of rotatable bonds is 4. The first-order valence-corrected chi connectivity index (χ1v) is 6.43. The Kier molecular flexibility index (Phi) is 3.99. The largest absolute Gasteiger partial charge is 0.496 e. The summed E-state index contributed by atoms with van der Waals surface area (Å²) in [4.78, 5) is 4.54. The van der Waals surface area contributed by atoms with Crippen LogP contribution >= 0.6 is 22.9 Å². The van der Waals surface area contributed by atoms with Gasteiger partial charge in [-0.05, 0) is 25.2 Å². The molecule has 1 N–H and O–H groups in total. The molecule has 0 saturated carbocycles. The molecule has 1 aromatic heterocycles. The van der Waals surface area contributed by atoms with Gasteiger partial charge in [-0.3, -0.25) is 0 Å². The first-order chi connectivity index (χ1) is 8.24. The van der Waals surface area contributed by atoms with Crippen LogP contribution < -0.4 is 10.1 Å². The maximum atomic E-state index is 5.93. The average Bonchev–Trinajstić information content (AvgIpc) is 2.78. The first kappa shape index (κ1) is 12.4. The standard InChI is InChI=1S/C12H13ClN2OS/c1-14-6-9-7-17-12(15-9)10-4-3-8(13)5-11(10)16-2/h3-5,7,14H,6H2,1-2H3. The molecule has 0 radical (unpaired) electrons. The average molecular weight is 269 g/mol. The van der Waals surface area contributed by atoms with Crippen molar-refractivity contribution in [2.24, 2.45) is 0 Å². The normalized spacial score (nSPS) is 10.5. The molecule has 5 heteroatoms. The van der Waals surface area contributed by atoms with Gasteiger partial charge in [-0.2, -0.15) is 0 Å². The first-order valence-electron chi connectivity index (χ1n) is 5.17. The lowest BCUT2D eigenvalue weighted by molar-refractivity contribution is 0.416. The zero-order chi connectivity index (χ0) is 12.3. The number of methoxy groups -OCH3 is 1. The van der Waals surface area contributed by atoms with Gasteiger partial charge in [0, 0.05) is 16.9 Å². The van der Waals surface area contributed by atoms with Crippen LogP contribution in [0.2, 0.25) is 5.02 Å². The third kappa shape index (κ3) is 2.77. The zero-order valence-electron chi connectivity index (χ0n) is 9.66. The monoisotopic (exact) mass is 268 g/mol. The SMILES string of the molecule is CNCc1csc(-c2ccc(Cl)cc2OC)n1. The lowest BCUT2D eigenvalue weighted by atomic mass is 10.2. The van der Waals surface area contributed by atoms with E-state index in [1.165, 1.54) is 0 Å². The molecule has 0 fully saturated rings. The molecule has 0 amide bonds. The number of ether oxygens (including phenoxy) is 1. The second kappa shape index (κ2) is 5.49. The van der Waals surface area contributed by atoms with Crippen molar-refractivity contribution in [1.29, 1.82) is 0 Å². The van der Waals surface area contributed by atoms with E-state index in [0.717, 1.165) is 28.6 Å². The molecule has 17 heavy (non-hydrogen) atoms. The maximum absolute atomic E-state index is 5.93. The molecule has 0 unspecified atom stereocenters. The molecule has 0 atom stereocenters. The lowest BCUT2D eigenvalue weighted by Gasteiger charge is -2.05. The van der Waals surface area contributed by atoms with E-state index in [9.17, 15) is 0 Å². The number of nitrogens with zero attached hydrogens (tertiary/aromatic N) is 1. The molecule has 90 valence electrons. The molecule has 0 aliphatic carbocycles. The highest BCUT2D eigenvalue weighted by atomic mass is 35.5. The van der Waals surface area contributed by atoms with E-state index in [2.05, 4.69) is 10.3 Å². The number of hydrogen-bond acceptors (Lipinski definition) is 4. The molecule has 1 heterocycles. The van der Waals surface area contributed by atoms with E-state index < -0.39 is 0 Å². The molecule has 0 bridgehead atoms. The molecule has 0 aliphatic rings. The molecule has 2 aromatic rings. The Morgan fingerprint density at radius 1 is 1.47 bits per heavy atom. The van der Waals surface area contributed by atoms with Gasteiger partial charge in [-0.1, -0.05) is 11.6 Å². The van der Waals surface area contributed by atoms with Gasteiger partial charge in [0.1, 0.15) is 10.8 Å².